The van der Waals surface area contributed by atoms with E-state index in [0.29, 0.717) is 17.3 Å². The largest absolute Gasteiger partial charge is 0.505 e. The van der Waals surface area contributed by atoms with E-state index in [1.807, 2.05) is 36.4 Å². The van der Waals surface area contributed by atoms with Crippen molar-refractivity contribution in [2.45, 2.75) is 28.4 Å². The summed E-state index contributed by atoms with van der Waals surface area (Å²) in [5.74, 6) is -0.550. The third-order valence-corrected chi connectivity index (χ3v) is 7.48. The Kier molecular flexibility index (Phi) is 5.01. The fourth-order valence-corrected chi connectivity index (χ4v) is 5.63. The second-order valence-electron chi connectivity index (χ2n) is 8.51. The quantitative estimate of drug-likeness (QED) is 0.298. The number of nitrogens with zero attached hydrogens (tertiary/aromatic N) is 1. The van der Waals surface area contributed by atoms with E-state index in [4.69, 9.17) is 4.42 Å². The van der Waals surface area contributed by atoms with Gasteiger partial charge in [-0.15, -0.1) is 0 Å². The number of para-hydroxylation sites is 1. The second kappa shape index (κ2) is 8.03. The lowest BCUT2D eigenvalue weighted by Gasteiger charge is -2.16. The van der Waals surface area contributed by atoms with Gasteiger partial charge in [0, 0.05) is 10.3 Å². The van der Waals surface area contributed by atoms with Gasteiger partial charge in [-0.2, -0.15) is 13.2 Å². The number of aromatic nitrogens is 1. The lowest BCUT2D eigenvalue weighted by Crippen LogP contribution is -2.24. The molecule has 2 aromatic heterocycles. The summed E-state index contributed by atoms with van der Waals surface area (Å²) in [4.78, 5) is 26.7. The summed E-state index contributed by atoms with van der Waals surface area (Å²) >= 11 is 0.741. The van der Waals surface area contributed by atoms with Crippen LogP contribution in [0.1, 0.15) is 22.7 Å². The highest BCUT2D eigenvalue weighted by atomic mass is 32.2. The Balaban J connectivity index is 1.56. The molecular weight excluding hydrogens is 491 g/mol. The van der Waals surface area contributed by atoms with Crippen LogP contribution in [-0.4, -0.2) is 9.67 Å². The van der Waals surface area contributed by atoms with Gasteiger partial charge in [-0.3, -0.25) is 9.36 Å². The lowest BCUT2D eigenvalue weighted by molar-refractivity contribution is -0.137. The van der Waals surface area contributed by atoms with E-state index in [2.05, 4.69) is 0 Å². The molecule has 1 aliphatic rings. The average molecular weight is 507 g/mol. The molecule has 1 N–H and O–H groups in total. The van der Waals surface area contributed by atoms with E-state index in [1.165, 1.54) is 12.1 Å². The summed E-state index contributed by atoms with van der Waals surface area (Å²) in [6.45, 7) is 0. The molecule has 0 amide bonds. The van der Waals surface area contributed by atoms with Gasteiger partial charge in [-0.1, -0.05) is 54.2 Å². The van der Waals surface area contributed by atoms with Crippen molar-refractivity contribution in [2.24, 2.45) is 0 Å². The Labute approximate surface area is 205 Å². The standard InChI is InChI=1S/C27H16F3NO4S/c28-27(29,30)16-9-11-17(12-10-16)36-24-22(32)20-23(35-26(24)34)18-8-4-7-15-13-19(14-5-2-1-3-6-14)31(21(15)18)25(20)33/h1-12,19,32H,13H2. The molecule has 0 bridgehead atoms. The van der Waals surface area contributed by atoms with Crippen LogP contribution < -0.4 is 11.2 Å². The Morgan fingerprint density at radius 1 is 0.944 bits per heavy atom. The highest BCUT2D eigenvalue weighted by Crippen LogP contribution is 2.41. The topological polar surface area (TPSA) is 72.4 Å². The molecule has 0 saturated heterocycles. The van der Waals surface area contributed by atoms with Gasteiger partial charge in [-0.05, 0) is 47.9 Å². The van der Waals surface area contributed by atoms with Crippen LogP contribution >= 0.6 is 11.8 Å². The number of aromatic hydroxyl groups is 1. The number of rotatable bonds is 3. The monoisotopic (exact) mass is 507 g/mol. The van der Waals surface area contributed by atoms with E-state index in [1.54, 1.807) is 16.7 Å². The first-order valence-corrected chi connectivity index (χ1v) is 11.8. The summed E-state index contributed by atoms with van der Waals surface area (Å²) in [5.41, 5.74) is 0.255. The molecule has 0 aliphatic carbocycles. The molecule has 0 saturated carbocycles. The normalized spacial score (nSPS) is 15.1. The highest BCUT2D eigenvalue weighted by molar-refractivity contribution is 7.99. The summed E-state index contributed by atoms with van der Waals surface area (Å²) < 4.78 is 45.9. The van der Waals surface area contributed by atoms with Crippen LogP contribution in [0.25, 0.3) is 21.9 Å². The van der Waals surface area contributed by atoms with Crippen LogP contribution in [0.3, 0.4) is 0 Å². The van der Waals surface area contributed by atoms with Crippen molar-refractivity contribution < 1.29 is 22.7 Å². The molecule has 1 aliphatic heterocycles. The van der Waals surface area contributed by atoms with Crippen LogP contribution in [0.4, 0.5) is 13.2 Å². The van der Waals surface area contributed by atoms with E-state index in [9.17, 15) is 27.9 Å². The summed E-state index contributed by atoms with van der Waals surface area (Å²) in [6, 6.07) is 18.8. The Morgan fingerprint density at radius 2 is 1.67 bits per heavy atom. The van der Waals surface area contributed by atoms with Crippen molar-refractivity contribution in [1.29, 1.82) is 0 Å². The van der Waals surface area contributed by atoms with Gasteiger partial charge in [0.15, 0.2) is 11.3 Å². The van der Waals surface area contributed by atoms with Gasteiger partial charge in [0.1, 0.15) is 10.3 Å². The first kappa shape index (κ1) is 22.5. The molecule has 3 heterocycles. The maximum atomic E-state index is 13.8. The van der Waals surface area contributed by atoms with Crippen LogP contribution in [0, 0.1) is 0 Å². The first-order chi connectivity index (χ1) is 17.2. The van der Waals surface area contributed by atoms with E-state index >= 15 is 0 Å². The minimum Gasteiger partial charge on any atom is -0.505 e. The van der Waals surface area contributed by atoms with Crippen LogP contribution in [0.2, 0.25) is 0 Å². The summed E-state index contributed by atoms with van der Waals surface area (Å²) in [6.07, 6.45) is -3.94. The average Bonchev–Trinajstić information content (AvgIpc) is 3.26. The van der Waals surface area contributed by atoms with Gasteiger partial charge >= 0.3 is 11.8 Å². The molecule has 5 nitrogen and oxygen atoms in total. The van der Waals surface area contributed by atoms with E-state index in [-0.39, 0.29) is 26.8 Å². The Morgan fingerprint density at radius 3 is 2.36 bits per heavy atom. The van der Waals surface area contributed by atoms with Gasteiger partial charge in [0.25, 0.3) is 5.56 Å². The Bertz CT molecular complexity index is 1770. The maximum absolute atomic E-state index is 13.8. The van der Waals surface area contributed by atoms with Gasteiger partial charge in [0.05, 0.1) is 17.1 Å². The molecule has 6 rings (SSSR count). The highest BCUT2D eigenvalue weighted by Gasteiger charge is 2.32. The summed E-state index contributed by atoms with van der Waals surface area (Å²) in [5, 5.41) is 11.5. The van der Waals surface area contributed by atoms with Crippen molar-refractivity contribution in [2.75, 3.05) is 0 Å². The molecule has 0 spiro atoms. The lowest BCUT2D eigenvalue weighted by atomic mass is 10.0. The van der Waals surface area contributed by atoms with Crippen molar-refractivity contribution in [1.82, 2.24) is 4.57 Å². The number of hydrogen-bond donors (Lipinski definition) is 1. The van der Waals surface area contributed by atoms with Crippen molar-refractivity contribution in [3.8, 4) is 5.75 Å². The summed E-state index contributed by atoms with van der Waals surface area (Å²) in [7, 11) is 0. The first-order valence-electron chi connectivity index (χ1n) is 11.0. The van der Waals surface area contributed by atoms with Gasteiger partial charge < -0.3 is 9.52 Å². The fraction of sp³-hybridized carbons (Fsp3) is 0.111. The second-order valence-corrected chi connectivity index (χ2v) is 9.60. The van der Waals surface area contributed by atoms with Crippen molar-refractivity contribution in [3.05, 3.63) is 110 Å². The number of pyridine rings is 1. The number of hydrogen-bond acceptors (Lipinski definition) is 5. The smallest absolute Gasteiger partial charge is 0.416 e. The van der Waals surface area contributed by atoms with Gasteiger partial charge in [0.2, 0.25) is 0 Å². The molecule has 1 atom stereocenters. The Hall–Kier alpha value is -3.98. The van der Waals surface area contributed by atoms with Crippen molar-refractivity contribution >= 4 is 33.6 Å². The van der Waals surface area contributed by atoms with Crippen LogP contribution in [-0.2, 0) is 12.6 Å². The number of alkyl halides is 3. The number of fused-ring (bicyclic) bond motifs is 2. The predicted octanol–water partition coefficient (Wildman–Crippen LogP) is 6.13. The molecule has 9 heteroatoms. The fourth-order valence-electron chi connectivity index (χ4n) is 4.80. The third kappa shape index (κ3) is 3.42. The van der Waals surface area contributed by atoms with Crippen molar-refractivity contribution in [3.63, 3.8) is 0 Å². The zero-order chi connectivity index (χ0) is 25.2. The molecule has 0 fully saturated rings. The zero-order valence-corrected chi connectivity index (χ0v) is 19.2. The molecule has 5 aromatic rings. The minimum atomic E-state index is -4.50. The van der Waals surface area contributed by atoms with Crippen LogP contribution in [0.15, 0.2) is 96.6 Å². The number of benzene rings is 3. The molecule has 0 radical (unpaired) electrons. The molecule has 3 aromatic carbocycles. The van der Waals surface area contributed by atoms with Gasteiger partial charge in [-0.25, -0.2) is 4.79 Å². The molecule has 180 valence electrons. The third-order valence-electron chi connectivity index (χ3n) is 6.41. The molecular formula is C27H16F3NO4S. The zero-order valence-electron chi connectivity index (χ0n) is 18.4. The SMILES string of the molecule is O=c1oc2c(c(O)c1Sc1ccc(C(F)(F)F)cc1)c(=O)n1c3c(cccc23)CC1c1ccccc1. The minimum absolute atomic E-state index is 0.0129. The predicted molar refractivity (Wildman–Crippen MR) is 130 cm³/mol. The molecule has 36 heavy (non-hydrogen) atoms. The number of halogens is 3. The van der Waals surface area contributed by atoms with Crippen LogP contribution in [0.5, 0.6) is 5.75 Å². The molecule has 1 unspecified atom stereocenters. The van der Waals surface area contributed by atoms with E-state index in [0.717, 1.165) is 35.0 Å². The van der Waals surface area contributed by atoms with E-state index < -0.39 is 28.7 Å². The maximum Gasteiger partial charge on any atom is 0.416 e.